The molecule has 1 aliphatic rings. The molecule has 1 aliphatic heterocycles. The largest absolute Gasteiger partial charge is 0.493 e. The van der Waals surface area contributed by atoms with Gasteiger partial charge in [-0.25, -0.2) is 0 Å². The quantitative estimate of drug-likeness (QED) is 0.311. The van der Waals surface area contributed by atoms with Crippen molar-refractivity contribution in [3.63, 3.8) is 0 Å². The number of thioether (sulfide) groups is 3. The zero-order valence-corrected chi connectivity index (χ0v) is 17.5. The molecule has 3 rings (SSSR count). The van der Waals surface area contributed by atoms with Gasteiger partial charge in [-0.05, 0) is 42.0 Å². The summed E-state index contributed by atoms with van der Waals surface area (Å²) in [5.74, 6) is 3.80. The lowest BCUT2D eigenvalue weighted by Gasteiger charge is -2.13. The minimum absolute atomic E-state index is 0.262. The van der Waals surface area contributed by atoms with Crippen molar-refractivity contribution in [2.75, 3.05) is 24.4 Å². The second-order valence-electron chi connectivity index (χ2n) is 5.51. The number of halogens is 1. The molecule has 1 saturated heterocycles. The molecule has 0 unspecified atom stereocenters. The van der Waals surface area contributed by atoms with E-state index in [1.165, 1.54) is 17.1 Å². The Bertz CT molecular complexity index is 746. The van der Waals surface area contributed by atoms with Crippen molar-refractivity contribution in [1.29, 1.82) is 0 Å². The number of hydrogen-bond donors (Lipinski definition) is 0. The molecule has 2 aromatic rings. The minimum atomic E-state index is -0.262. The predicted octanol–water partition coefficient (Wildman–Crippen LogP) is 5.92. The Morgan fingerprint density at radius 1 is 1.15 bits per heavy atom. The molecule has 0 spiro atoms. The summed E-state index contributed by atoms with van der Waals surface area (Å²) in [4.78, 5) is 13.2. The fourth-order valence-corrected chi connectivity index (χ4v) is 6.22. The maximum atomic E-state index is 12.1. The van der Waals surface area contributed by atoms with Crippen LogP contribution >= 0.6 is 46.9 Å². The lowest BCUT2D eigenvalue weighted by Crippen LogP contribution is -2.09. The van der Waals surface area contributed by atoms with Gasteiger partial charge in [-0.3, -0.25) is 4.79 Å². The van der Waals surface area contributed by atoms with E-state index in [1.54, 1.807) is 18.9 Å². The van der Waals surface area contributed by atoms with Crippen LogP contribution in [0.25, 0.3) is 0 Å². The Labute approximate surface area is 171 Å². The van der Waals surface area contributed by atoms with Crippen LogP contribution in [0.5, 0.6) is 11.5 Å². The van der Waals surface area contributed by atoms with E-state index in [4.69, 9.17) is 21.1 Å². The highest BCUT2D eigenvalue weighted by atomic mass is 35.5. The van der Waals surface area contributed by atoms with E-state index in [0.29, 0.717) is 33.3 Å². The molecule has 0 aromatic heterocycles. The monoisotopic (exact) mass is 426 g/mol. The first-order valence-corrected chi connectivity index (χ1v) is 11.6. The first-order valence-electron chi connectivity index (χ1n) is 8.16. The third kappa shape index (κ3) is 5.52. The van der Waals surface area contributed by atoms with Gasteiger partial charge in [0, 0.05) is 27.2 Å². The van der Waals surface area contributed by atoms with Crippen LogP contribution in [-0.4, -0.2) is 30.3 Å². The SMILES string of the molecule is COc1cc(C2SCCS2)ccc1OC(=O)CCSc1ccc(Cl)cc1. The number of hydrogen-bond acceptors (Lipinski definition) is 6. The third-order valence-electron chi connectivity index (χ3n) is 3.69. The Morgan fingerprint density at radius 2 is 1.88 bits per heavy atom. The molecule has 3 nitrogen and oxygen atoms in total. The van der Waals surface area contributed by atoms with Crippen molar-refractivity contribution in [2.24, 2.45) is 0 Å². The van der Waals surface area contributed by atoms with E-state index >= 15 is 0 Å². The Kier molecular flexibility index (Phi) is 7.49. The minimum Gasteiger partial charge on any atom is -0.493 e. The number of ether oxygens (including phenoxy) is 2. The smallest absolute Gasteiger partial charge is 0.312 e. The van der Waals surface area contributed by atoms with E-state index in [-0.39, 0.29) is 5.97 Å². The van der Waals surface area contributed by atoms with Gasteiger partial charge in [0.15, 0.2) is 11.5 Å². The first kappa shape index (κ1) is 19.8. The van der Waals surface area contributed by atoms with Gasteiger partial charge in [0.05, 0.1) is 18.1 Å². The molecule has 138 valence electrons. The average Bonchev–Trinajstić information content (AvgIpc) is 3.18. The van der Waals surface area contributed by atoms with Crippen molar-refractivity contribution < 1.29 is 14.3 Å². The molecule has 0 atom stereocenters. The second kappa shape index (κ2) is 9.83. The first-order chi connectivity index (χ1) is 12.7. The maximum absolute atomic E-state index is 12.1. The summed E-state index contributed by atoms with van der Waals surface area (Å²) in [5.41, 5.74) is 1.20. The number of rotatable bonds is 7. The Balaban J connectivity index is 1.53. The van der Waals surface area contributed by atoms with E-state index in [2.05, 4.69) is 0 Å². The predicted molar refractivity (Wildman–Crippen MR) is 113 cm³/mol. The Hall–Kier alpha value is -0.950. The molecule has 0 N–H and O–H groups in total. The standard InChI is InChI=1S/C19H19ClO3S3/c1-22-17-12-13(19-25-10-11-26-19)2-7-16(17)23-18(21)8-9-24-15-5-3-14(20)4-6-15/h2-7,12,19H,8-11H2,1H3. The molecule has 7 heteroatoms. The topological polar surface area (TPSA) is 35.5 Å². The molecule has 26 heavy (non-hydrogen) atoms. The van der Waals surface area contributed by atoms with Gasteiger partial charge < -0.3 is 9.47 Å². The van der Waals surface area contributed by atoms with Crippen LogP contribution in [0.4, 0.5) is 0 Å². The van der Waals surface area contributed by atoms with E-state index in [1.807, 2.05) is 66.0 Å². The van der Waals surface area contributed by atoms with Crippen molar-refractivity contribution in [3.05, 3.63) is 53.1 Å². The second-order valence-corrected chi connectivity index (χ2v) is 9.84. The fraction of sp³-hybridized carbons (Fsp3) is 0.316. The van der Waals surface area contributed by atoms with Crippen LogP contribution in [0.1, 0.15) is 16.6 Å². The lowest BCUT2D eigenvalue weighted by atomic mass is 10.2. The summed E-state index contributed by atoms with van der Waals surface area (Å²) in [5, 5.41) is 0.707. The number of benzene rings is 2. The van der Waals surface area contributed by atoms with Gasteiger partial charge in [-0.1, -0.05) is 17.7 Å². The zero-order valence-electron chi connectivity index (χ0n) is 14.3. The van der Waals surface area contributed by atoms with Gasteiger partial charge in [0.25, 0.3) is 0 Å². The summed E-state index contributed by atoms with van der Waals surface area (Å²) in [6, 6.07) is 13.4. The highest BCUT2D eigenvalue weighted by molar-refractivity contribution is 8.19. The van der Waals surface area contributed by atoms with Crippen LogP contribution in [0.15, 0.2) is 47.4 Å². The highest BCUT2D eigenvalue weighted by Gasteiger charge is 2.20. The summed E-state index contributed by atoms with van der Waals surface area (Å²) in [6.45, 7) is 0. The molecule has 1 heterocycles. The number of carbonyl (C=O) groups is 1. The van der Waals surface area contributed by atoms with Crippen LogP contribution < -0.4 is 9.47 Å². The van der Waals surface area contributed by atoms with Gasteiger partial charge in [-0.2, -0.15) is 0 Å². The van der Waals surface area contributed by atoms with E-state index < -0.39 is 0 Å². The molecule has 0 radical (unpaired) electrons. The number of carbonyl (C=O) groups excluding carboxylic acids is 1. The summed E-state index contributed by atoms with van der Waals surface area (Å²) >= 11 is 11.3. The van der Waals surface area contributed by atoms with Gasteiger partial charge in [0.1, 0.15) is 0 Å². The zero-order chi connectivity index (χ0) is 18.4. The van der Waals surface area contributed by atoms with Crippen LogP contribution in [0.3, 0.4) is 0 Å². The van der Waals surface area contributed by atoms with Gasteiger partial charge in [0.2, 0.25) is 0 Å². The number of methoxy groups -OCH3 is 1. The molecule has 0 saturated carbocycles. The third-order valence-corrected chi connectivity index (χ3v) is 8.06. The van der Waals surface area contributed by atoms with Crippen molar-refractivity contribution >= 4 is 52.9 Å². The summed E-state index contributed by atoms with van der Waals surface area (Å²) < 4.78 is 11.4. The van der Waals surface area contributed by atoms with Crippen LogP contribution in [0.2, 0.25) is 5.02 Å². The molecular weight excluding hydrogens is 408 g/mol. The lowest BCUT2D eigenvalue weighted by molar-refractivity contribution is -0.134. The van der Waals surface area contributed by atoms with Crippen LogP contribution in [0, 0.1) is 0 Å². The number of esters is 1. The van der Waals surface area contributed by atoms with Crippen molar-refractivity contribution in [3.8, 4) is 11.5 Å². The molecule has 2 aromatic carbocycles. The molecular formula is C19H19ClO3S3. The average molecular weight is 427 g/mol. The van der Waals surface area contributed by atoms with E-state index in [9.17, 15) is 4.79 Å². The van der Waals surface area contributed by atoms with Gasteiger partial charge in [-0.15, -0.1) is 35.3 Å². The normalized spacial score (nSPS) is 14.4. The molecule has 0 amide bonds. The highest BCUT2D eigenvalue weighted by Crippen LogP contribution is 2.46. The van der Waals surface area contributed by atoms with Crippen molar-refractivity contribution in [1.82, 2.24) is 0 Å². The summed E-state index contributed by atoms with van der Waals surface area (Å²) in [7, 11) is 1.60. The van der Waals surface area contributed by atoms with E-state index in [0.717, 1.165) is 4.90 Å². The molecule has 0 aliphatic carbocycles. The van der Waals surface area contributed by atoms with Crippen molar-refractivity contribution in [2.45, 2.75) is 15.9 Å². The van der Waals surface area contributed by atoms with Crippen LogP contribution in [-0.2, 0) is 4.79 Å². The Morgan fingerprint density at radius 3 is 2.58 bits per heavy atom. The van der Waals surface area contributed by atoms with Gasteiger partial charge >= 0.3 is 5.97 Å². The summed E-state index contributed by atoms with van der Waals surface area (Å²) in [6.07, 6.45) is 0.326. The molecule has 0 bridgehead atoms. The maximum Gasteiger partial charge on any atom is 0.312 e. The molecule has 1 fully saturated rings. The fourth-order valence-electron chi connectivity index (χ4n) is 2.42.